The van der Waals surface area contributed by atoms with Crippen molar-refractivity contribution >= 4 is 10.1 Å². The smallest absolute Gasteiger partial charge is 0.379 e. The van der Waals surface area contributed by atoms with Crippen LogP contribution in [0.1, 0.15) is 6.42 Å². The van der Waals surface area contributed by atoms with E-state index < -0.39 is 22.2 Å². The monoisotopic (exact) mass is 235 g/mol. The molecule has 4 nitrogen and oxygen atoms in total. The molecule has 0 amide bonds. The Balaban J connectivity index is 3.80. The molecule has 0 aliphatic rings. The standard InChI is InChI=1S/C6H10F3O4S/c1-2-3-12-4-5-13-14(10,11)6(7,8)9/h1-5H2. The minimum absolute atomic E-state index is 0.217. The summed E-state index contributed by atoms with van der Waals surface area (Å²) < 4.78 is 63.8. The maximum atomic E-state index is 11.6. The molecule has 0 bridgehead atoms. The van der Waals surface area contributed by atoms with Crippen molar-refractivity contribution < 1.29 is 30.5 Å². The Bertz CT molecular complexity index is 246. The number of ether oxygens (including phenoxy) is 1. The van der Waals surface area contributed by atoms with E-state index >= 15 is 0 Å². The van der Waals surface area contributed by atoms with Gasteiger partial charge in [0.1, 0.15) is 0 Å². The number of hydrogen-bond donors (Lipinski definition) is 0. The highest BCUT2D eigenvalue weighted by Gasteiger charge is 2.47. The van der Waals surface area contributed by atoms with Crippen LogP contribution < -0.4 is 0 Å². The second-order valence-corrected chi connectivity index (χ2v) is 3.79. The summed E-state index contributed by atoms with van der Waals surface area (Å²) in [6.45, 7) is 2.78. The molecule has 0 aliphatic heterocycles. The van der Waals surface area contributed by atoms with Gasteiger partial charge in [0.05, 0.1) is 13.2 Å². The molecule has 0 aromatic heterocycles. The number of hydrogen-bond acceptors (Lipinski definition) is 4. The molecule has 0 fully saturated rings. The van der Waals surface area contributed by atoms with Crippen molar-refractivity contribution in [2.45, 2.75) is 11.9 Å². The molecule has 0 saturated heterocycles. The largest absolute Gasteiger partial charge is 0.523 e. The van der Waals surface area contributed by atoms with Crippen LogP contribution in [0.15, 0.2) is 0 Å². The molecule has 0 aromatic rings. The maximum absolute atomic E-state index is 11.6. The van der Waals surface area contributed by atoms with Crippen molar-refractivity contribution in [1.82, 2.24) is 0 Å². The summed E-state index contributed by atoms with van der Waals surface area (Å²) in [5.41, 5.74) is -5.38. The first-order chi connectivity index (χ1) is 6.31. The molecule has 0 heterocycles. The second-order valence-electron chi connectivity index (χ2n) is 2.19. The summed E-state index contributed by atoms with van der Waals surface area (Å²) in [5.74, 6) is 0. The fourth-order valence-electron chi connectivity index (χ4n) is 0.474. The zero-order chi connectivity index (χ0) is 11.2. The summed E-state index contributed by atoms with van der Waals surface area (Å²) >= 11 is 0. The first kappa shape index (κ1) is 13.7. The normalized spacial score (nSPS) is 13.1. The lowest BCUT2D eigenvalue weighted by Gasteiger charge is -2.07. The molecule has 0 unspecified atom stereocenters. The molecule has 0 N–H and O–H groups in total. The van der Waals surface area contributed by atoms with Crippen molar-refractivity contribution in [3.63, 3.8) is 0 Å². The lowest BCUT2D eigenvalue weighted by atomic mass is 10.5. The van der Waals surface area contributed by atoms with Crippen LogP contribution in [-0.2, 0) is 19.0 Å². The fourth-order valence-corrected chi connectivity index (χ4v) is 0.895. The summed E-state index contributed by atoms with van der Waals surface area (Å²) in [6, 6.07) is 0. The molecule has 0 spiro atoms. The molecule has 0 aromatic carbocycles. The highest BCUT2D eigenvalue weighted by Crippen LogP contribution is 2.24. The SMILES string of the molecule is [CH2]CCOCCOS(=O)(=O)C(F)(F)F. The van der Waals surface area contributed by atoms with Crippen molar-refractivity contribution in [3.05, 3.63) is 6.92 Å². The van der Waals surface area contributed by atoms with E-state index in [9.17, 15) is 21.6 Å². The van der Waals surface area contributed by atoms with Gasteiger partial charge in [0.25, 0.3) is 0 Å². The van der Waals surface area contributed by atoms with Crippen LogP contribution in [-0.4, -0.2) is 33.7 Å². The fraction of sp³-hybridized carbons (Fsp3) is 0.833. The van der Waals surface area contributed by atoms with Crippen LogP contribution >= 0.6 is 0 Å². The average molecular weight is 235 g/mol. The van der Waals surface area contributed by atoms with Gasteiger partial charge in [0, 0.05) is 6.61 Å². The molecule has 0 saturated carbocycles. The average Bonchev–Trinajstić information content (AvgIpc) is 2.02. The molecule has 14 heavy (non-hydrogen) atoms. The van der Waals surface area contributed by atoms with E-state index in [1.165, 1.54) is 0 Å². The Morgan fingerprint density at radius 2 is 1.71 bits per heavy atom. The predicted molar refractivity (Wildman–Crippen MR) is 41.7 cm³/mol. The zero-order valence-corrected chi connectivity index (χ0v) is 8.03. The number of halogens is 3. The first-order valence-electron chi connectivity index (χ1n) is 3.64. The van der Waals surface area contributed by atoms with Crippen LogP contribution in [0.3, 0.4) is 0 Å². The van der Waals surface area contributed by atoms with E-state index in [0.29, 0.717) is 6.42 Å². The van der Waals surface area contributed by atoms with Gasteiger partial charge in [-0.25, -0.2) is 0 Å². The zero-order valence-electron chi connectivity index (χ0n) is 7.21. The minimum atomic E-state index is -5.48. The molecule has 0 aliphatic carbocycles. The topological polar surface area (TPSA) is 52.6 Å². The van der Waals surface area contributed by atoms with Crippen LogP contribution in [0.5, 0.6) is 0 Å². The third-order valence-corrected chi connectivity index (χ3v) is 2.08. The Morgan fingerprint density at radius 1 is 1.14 bits per heavy atom. The molecule has 0 rings (SSSR count). The molecule has 8 heteroatoms. The van der Waals surface area contributed by atoms with E-state index in [-0.39, 0.29) is 13.2 Å². The van der Waals surface area contributed by atoms with E-state index in [1.807, 2.05) is 0 Å². The maximum Gasteiger partial charge on any atom is 0.523 e. The van der Waals surface area contributed by atoms with Crippen molar-refractivity contribution in [2.24, 2.45) is 0 Å². The Kier molecular flexibility index (Phi) is 5.38. The lowest BCUT2D eigenvalue weighted by Crippen LogP contribution is -2.26. The quantitative estimate of drug-likeness (QED) is 0.393. The highest BCUT2D eigenvalue weighted by atomic mass is 32.2. The lowest BCUT2D eigenvalue weighted by molar-refractivity contribution is -0.0555. The first-order valence-corrected chi connectivity index (χ1v) is 5.05. The van der Waals surface area contributed by atoms with E-state index in [1.54, 1.807) is 0 Å². The molecular formula is C6H10F3O4S. The van der Waals surface area contributed by atoms with Gasteiger partial charge in [0.2, 0.25) is 0 Å². The molecule has 85 valence electrons. The van der Waals surface area contributed by atoms with Crippen molar-refractivity contribution in [1.29, 1.82) is 0 Å². The van der Waals surface area contributed by atoms with Gasteiger partial charge in [-0.3, -0.25) is 4.18 Å². The van der Waals surface area contributed by atoms with Crippen LogP contribution in [0, 0.1) is 6.92 Å². The van der Waals surface area contributed by atoms with Gasteiger partial charge in [-0.1, -0.05) is 6.92 Å². The third kappa shape index (κ3) is 4.77. The van der Waals surface area contributed by atoms with Gasteiger partial charge in [-0.05, 0) is 6.42 Å². The third-order valence-electron chi connectivity index (χ3n) is 1.04. The Morgan fingerprint density at radius 3 is 2.14 bits per heavy atom. The molecular weight excluding hydrogens is 225 g/mol. The summed E-state index contributed by atoms with van der Waals surface area (Å²) in [5, 5.41) is 0. The minimum Gasteiger partial charge on any atom is -0.379 e. The predicted octanol–water partition coefficient (Wildman–Crippen LogP) is 1.09. The van der Waals surface area contributed by atoms with E-state index in [2.05, 4.69) is 15.8 Å². The highest BCUT2D eigenvalue weighted by molar-refractivity contribution is 7.87. The molecule has 0 atom stereocenters. The summed E-state index contributed by atoms with van der Waals surface area (Å²) in [7, 11) is -5.48. The van der Waals surface area contributed by atoms with Gasteiger partial charge < -0.3 is 4.74 Å². The van der Waals surface area contributed by atoms with Crippen LogP contribution in [0.4, 0.5) is 13.2 Å². The summed E-state index contributed by atoms with van der Waals surface area (Å²) in [4.78, 5) is 0. The van der Waals surface area contributed by atoms with Gasteiger partial charge in [-0.2, -0.15) is 21.6 Å². The van der Waals surface area contributed by atoms with Crippen LogP contribution in [0.2, 0.25) is 0 Å². The van der Waals surface area contributed by atoms with Crippen LogP contribution in [0.25, 0.3) is 0 Å². The number of rotatable bonds is 6. The van der Waals surface area contributed by atoms with Gasteiger partial charge >= 0.3 is 15.6 Å². The van der Waals surface area contributed by atoms with E-state index in [0.717, 1.165) is 0 Å². The van der Waals surface area contributed by atoms with Crippen molar-refractivity contribution in [2.75, 3.05) is 19.8 Å². The Labute approximate surface area is 80.1 Å². The van der Waals surface area contributed by atoms with Crippen molar-refractivity contribution in [3.8, 4) is 0 Å². The van der Waals surface area contributed by atoms with Gasteiger partial charge in [-0.15, -0.1) is 0 Å². The Hall–Kier alpha value is -0.340. The second kappa shape index (κ2) is 5.52. The summed E-state index contributed by atoms with van der Waals surface area (Å²) in [6.07, 6.45) is 0.450. The van der Waals surface area contributed by atoms with Gasteiger partial charge in [0.15, 0.2) is 0 Å². The van der Waals surface area contributed by atoms with E-state index in [4.69, 9.17) is 0 Å². The molecule has 1 radical (unpaired) electrons. The number of alkyl halides is 3.